The molecule has 3 aromatic rings. The molecule has 0 unspecified atom stereocenters. The van der Waals surface area contributed by atoms with Crippen molar-refractivity contribution >= 4 is 57.8 Å². The maximum absolute atomic E-state index is 12.5. The lowest BCUT2D eigenvalue weighted by Crippen LogP contribution is -2.19. The zero-order valence-corrected chi connectivity index (χ0v) is 18.9. The van der Waals surface area contributed by atoms with E-state index in [1.807, 2.05) is 73.7 Å². The van der Waals surface area contributed by atoms with Crippen molar-refractivity contribution in [3.8, 4) is 5.75 Å². The number of amides is 1. The molecule has 0 aliphatic carbocycles. The molecule has 0 aromatic heterocycles. The average molecular weight is 469 g/mol. The molecule has 31 heavy (non-hydrogen) atoms. The molecule has 0 spiro atoms. The van der Waals surface area contributed by atoms with E-state index in [1.165, 1.54) is 11.8 Å². The first kappa shape index (κ1) is 21.5. The highest BCUT2D eigenvalue weighted by Gasteiger charge is 2.24. The van der Waals surface area contributed by atoms with Gasteiger partial charge in [-0.15, -0.1) is 0 Å². The first-order valence-electron chi connectivity index (χ1n) is 9.50. The minimum Gasteiger partial charge on any atom is -0.488 e. The van der Waals surface area contributed by atoms with E-state index in [4.69, 9.17) is 27.9 Å². The van der Waals surface area contributed by atoms with Crippen molar-refractivity contribution in [2.24, 2.45) is 4.99 Å². The van der Waals surface area contributed by atoms with Gasteiger partial charge in [0.05, 0.1) is 10.6 Å². The fraction of sp³-hybridized carbons (Fsp3) is 0.0833. The molecule has 1 heterocycles. The van der Waals surface area contributed by atoms with E-state index in [0.717, 1.165) is 22.4 Å². The molecule has 1 saturated heterocycles. The molecule has 1 N–H and O–H groups in total. The normalized spacial score (nSPS) is 16.0. The number of rotatable bonds is 5. The second-order valence-electron chi connectivity index (χ2n) is 6.87. The molecule has 1 fully saturated rings. The number of halogens is 2. The molecule has 156 valence electrons. The lowest BCUT2D eigenvalue weighted by molar-refractivity contribution is -0.115. The van der Waals surface area contributed by atoms with Gasteiger partial charge >= 0.3 is 0 Å². The zero-order chi connectivity index (χ0) is 21.8. The molecule has 3 aromatic carbocycles. The predicted molar refractivity (Wildman–Crippen MR) is 129 cm³/mol. The minimum absolute atomic E-state index is 0.194. The van der Waals surface area contributed by atoms with Crippen LogP contribution in [0.5, 0.6) is 5.75 Å². The van der Waals surface area contributed by atoms with Crippen molar-refractivity contribution in [2.75, 3.05) is 0 Å². The van der Waals surface area contributed by atoms with Crippen LogP contribution < -0.4 is 10.1 Å². The number of benzene rings is 3. The van der Waals surface area contributed by atoms with Gasteiger partial charge in [-0.25, -0.2) is 4.99 Å². The van der Waals surface area contributed by atoms with Gasteiger partial charge in [0.15, 0.2) is 5.17 Å². The van der Waals surface area contributed by atoms with Crippen LogP contribution in [0.3, 0.4) is 0 Å². The number of hydrogen-bond acceptors (Lipinski definition) is 4. The van der Waals surface area contributed by atoms with Gasteiger partial charge in [0.1, 0.15) is 12.4 Å². The second kappa shape index (κ2) is 9.60. The highest BCUT2D eigenvalue weighted by Crippen LogP contribution is 2.32. The Hall–Kier alpha value is -2.73. The fourth-order valence-corrected chi connectivity index (χ4v) is 4.26. The topological polar surface area (TPSA) is 50.7 Å². The van der Waals surface area contributed by atoms with Crippen LogP contribution >= 0.6 is 35.0 Å². The van der Waals surface area contributed by atoms with Crippen LogP contribution in [0.1, 0.15) is 16.7 Å². The number of para-hydroxylation sites is 1. The van der Waals surface area contributed by atoms with E-state index < -0.39 is 0 Å². The number of aliphatic imine (C=N–C) groups is 1. The number of ether oxygens (including phenoxy) is 1. The molecule has 0 bridgehead atoms. The zero-order valence-electron chi connectivity index (χ0n) is 16.6. The maximum atomic E-state index is 12.5. The standard InChI is InChI=1S/C24H18Cl2N2O2S/c1-15-11-19(26)9-10-20(15)27-24-28-23(29)22(31-24)13-17-6-2-3-8-21(17)30-14-16-5-4-7-18(25)12-16/h2-13H,14H2,1H3,(H,27,28,29)/b22-13-. The van der Waals surface area contributed by atoms with Crippen LogP contribution in [-0.4, -0.2) is 11.1 Å². The summed E-state index contributed by atoms with van der Waals surface area (Å²) < 4.78 is 5.99. The van der Waals surface area contributed by atoms with Gasteiger partial charge in [-0.05, 0) is 72.3 Å². The van der Waals surface area contributed by atoms with Gasteiger partial charge in [-0.3, -0.25) is 4.79 Å². The largest absolute Gasteiger partial charge is 0.488 e. The quantitative estimate of drug-likeness (QED) is 0.420. The van der Waals surface area contributed by atoms with Crippen molar-refractivity contribution in [1.82, 2.24) is 5.32 Å². The Morgan fingerprint density at radius 3 is 2.65 bits per heavy atom. The van der Waals surface area contributed by atoms with E-state index in [-0.39, 0.29) is 5.91 Å². The van der Waals surface area contributed by atoms with Crippen molar-refractivity contribution in [1.29, 1.82) is 0 Å². The molecule has 7 heteroatoms. The number of carbonyl (C=O) groups excluding carboxylic acids is 1. The highest BCUT2D eigenvalue weighted by molar-refractivity contribution is 8.18. The molecule has 4 rings (SSSR count). The third kappa shape index (κ3) is 5.50. The number of nitrogens with one attached hydrogen (secondary N) is 1. The molecule has 0 atom stereocenters. The fourth-order valence-electron chi connectivity index (χ4n) is 2.99. The molecular formula is C24H18Cl2N2O2S. The number of nitrogens with zero attached hydrogens (tertiary/aromatic N) is 1. The lowest BCUT2D eigenvalue weighted by Gasteiger charge is -2.10. The Balaban J connectivity index is 1.53. The maximum Gasteiger partial charge on any atom is 0.264 e. The van der Waals surface area contributed by atoms with E-state index in [9.17, 15) is 4.79 Å². The van der Waals surface area contributed by atoms with Crippen LogP contribution in [0, 0.1) is 6.92 Å². The molecule has 0 radical (unpaired) electrons. The number of thioether (sulfide) groups is 1. The van der Waals surface area contributed by atoms with Crippen LogP contribution in [0.4, 0.5) is 5.69 Å². The number of hydrogen-bond donors (Lipinski definition) is 1. The summed E-state index contributed by atoms with van der Waals surface area (Å²) in [7, 11) is 0. The third-order valence-corrected chi connectivity index (χ3v) is 5.90. The molecule has 1 aliphatic heterocycles. The van der Waals surface area contributed by atoms with Crippen LogP contribution in [0.15, 0.2) is 76.6 Å². The van der Waals surface area contributed by atoms with Gasteiger partial charge in [0.2, 0.25) is 0 Å². The lowest BCUT2D eigenvalue weighted by atomic mass is 10.2. The van der Waals surface area contributed by atoms with Gasteiger partial charge in [-0.2, -0.15) is 0 Å². The number of aryl methyl sites for hydroxylation is 1. The van der Waals surface area contributed by atoms with E-state index in [1.54, 1.807) is 6.07 Å². The van der Waals surface area contributed by atoms with Crippen molar-refractivity contribution in [3.05, 3.63) is 98.4 Å². The number of amidine groups is 1. The Morgan fingerprint density at radius 1 is 1.03 bits per heavy atom. The summed E-state index contributed by atoms with van der Waals surface area (Å²) in [5, 5.41) is 4.66. The van der Waals surface area contributed by atoms with Crippen LogP contribution in [0.2, 0.25) is 10.0 Å². The Labute approximate surface area is 194 Å². The molecule has 1 amide bonds. The minimum atomic E-state index is -0.194. The first-order chi connectivity index (χ1) is 15.0. The van der Waals surface area contributed by atoms with Crippen molar-refractivity contribution in [2.45, 2.75) is 13.5 Å². The smallest absolute Gasteiger partial charge is 0.264 e. The number of carbonyl (C=O) groups is 1. The summed E-state index contributed by atoms with van der Waals surface area (Å²) in [6.07, 6.45) is 1.81. The van der Waals surface area contributed by atoms with Gasteiger partial charge in [0, 0.05) is 15.6 Å². The van der Waals surface area contributed by atoms with Crippen LogP contribution in [0.25, 0.3) is 6.08 Å². The van der Waals surface area contributed by atoms with Crippen molar-refractivity contribution < 1.29 is 9.53 Å². The summed E-state index contributed by atoms with van der Waals surface area (Å²) in [6, 6.07) is 20.6. The molecule has 4 nitrogen and oxygen atoms in total. The third-order valence-electron chi connectivity index (χ3n) is 4.52. The van der Waals surface area contributed by atoms with Crippen molar-refractivity contribution in [3.63, 3.8) is 0 Å². The second-order valence-corrected chi connectivity index (χ2v) is 8.77. The van der Waals surface area contributed by atoms with Gasteiger partial charge in [-0.1, -0.05) is 53.5 Å². The van der Waals surface area contributed by atoms with Gasteiger partial charge < -0.3 is 10.1 Å². The summed E-state index contributed by atoms with van der Waals surface area (Å²) in [5.41, 5.74) is 3.48. The van der Waals surface area contributed by atoms with E-state index >= 15 is 0 Å². The Morgan fingerprint density at radius 2 is 1.84 bits per heavy atom. The van der Waals surface area contributed by atoms with Crippen LogP contribution in [-0.2, 0) is 11.4 Å². The molecule has 1 aliphatic rings. The monoisotopic (exact) mass is 468 g/mol. The van der Waals surface area contributed by atoms with E-state index in [0.29, 0.717) is 32.5 Å². The SMILES string of the molecule is Cc1cc(Cl)ccc1N=C1NC(=O)/C(=C/c2ccccc2OCc2cccc(Cl)c2)S1. The Bertz CT molecular complexity index is 1210. The predicted octanol–water partition coefficient (Wildman–Crippen LogP) is 6.77. The summed E-state index contributed by atoms with van der Waals surface area (Å²) in [5.74, 6) is 0.488. The highest BCUT2D eigenvalue weighted by atomic mass is 35.5. The molecular weight excluding hydrogens is 451 g/mol. The first-order valence-corrected chi connectivity index (χ1v) is 11.1. The van der Waals surface area contributed by atoms with Gasteiger partial charge in [0.25, 0.3) is 5.91 Å². The summed E-state index contributed by atoms with van der Waals surface area (Å²) >= 11 is 13.3. The summed E-state index contributed by atoms with van der Waals surface area (Å²) in [6.45, 7) is 2.31. The summed E-state index contributed by atoms with van der Waals surface area (Å²) in [4.78, 5) is 17.6. The van der Waals surface area contributed by atoms with E-state index in [2.05, 4.69) is 10.3 Å². The average Bonchev–Trinajstić information content (AvgIpc) is 3.08. The Kier molecular flexibility index (Phi) is 6.66. The molecule has 0 saturated carbocycles.